The molecule has 6 heteroatoms. The highest BCUT2D eigenvalue weighted by Gasteiger charge is 2.28. The number of halogens is 1. The zero-order valence-electron chi connectivity index (χ0n) is 18.2. The van der Waals surface area contributed by atoms with Crippen molar-refractivity contribution >= 4 is 11.8 Å². The molecular weight excluding hydrogens is 383 g/mol. The number of amides is 2. The minimum atomic E-state index is -0.630. The Morgan fingerprint density at radius 2 is 1.67 bits per heavy atom. The molecule has 0 aliphatic heterocycles. The van der Waals surface area contributed by atoms with Gasteiger partial charge in [0, 0.05) is 13.1 Å². The molecule has 5 nitrogen and oxygen atoms in total. The Balaban J connectivity index is 2.15. The van der Waals surface area contributed by atoms with Gasteiger partial charge in [-0.2, -0.15) is 0 Å². The Labute approximate surface area is 178 Å². The van der Waals surface area contributed by atoms with Gasteiger partial charge in [0.15, 0.2) is 6.61 Å². The van der Waals surface area contributed by atoms with E-state index in [1.165, 1.54) is 22.6 Å². The van der Waals surface area contributed by atoms with Gasteiger partial charge in [0.2, 0.25) is 5.91 Å². The maximum absolute atomic E-state index is 13.3. The van der Waals surface area contributed by atoms with Crippen molar-refractivity contribution in [3.05, 3.63) is 65.5 Å². The number of likely N-dealkylation sites (N-methyl/N-ethyl adjacent to an activating group) is 1. The predicted octanol–water partition coefficient (Wildman–Crippen LogP) is 4.27. The lowest BCUT2D eigenvalue weighted by atomic mass is 10.0. The molecule has 0 fully saturated rings. The second-order valence-electron chi connectivity index (χ2n) is 7.48. The van der Waals surface area contributed by atoms with E-state index in [1.54, 1.807) is 12.1 Å². The van der Waals surface area contributed by atoms with Crippen LogP contribution in [0.15, 0.2) is 48.5 Å². The summed E-state index contributed by atoms with van der Waals surface area (Å²) < 4.78 is 18.9. The van der Waals surface area contributed by atoms with Crippen molar-refractivity contribution in [3.8, 4) is 5.75 Å². The summed E-state index contributed by atoms with van der Waals surface area (Å²) in [6, 6.07) is 12.9. The Morgan fingerprint density at radius 1 is 1.03 bits per heavy atom. The molecule has 0 bridgehead atoms. The molecule has 30 heavy (non-hydrogen) atoms. The molecular formula is C24H31FN2O3. The van der Waals surface area contributed by atoms with Gasteiger partial charge in [0.1, 0.15) is 17.6 Å². The van der Waals surface area contributed by atoms with E-state index in [4.69, 9.17) is 4.74 Å². The number of hydrogen-bond donors (Lipinski definition) is 1. The van der Waals surface area contributed by atoms with E-state index < -0.39 is 6.04 Å². The topological polar surface area (TPSA) is 58.6 Å². The molecule has 2 rings (SSSR count). The van der Waals surface area contributed by atoms with Gasteiger partial charge in [0.25, 0.3) is 5.91 Å². The number of nitrogens with one attached hydrogen (secondary N) is 1. The van der Waals surface area contributed by atoms with Crippen LogP contribution in [0.25, 0.3) is 0 Å². The third kappa shape index (κ3) is 6.58. The Bertz CT molecular complexity index is 819. The quantitative estimate of drug-likeness (QED) is 0.632. The summed E-state index contributed by atoms with van der Waals surface area (Å²) in [6.45, 7) is 8.41. The minimum absolute atomic E-state index is 0.182. The van der Waals surface area contributed by atoms with Crippen molar-refractivity contribution in [2.24, 2.45) is 0 Å². The molecule has 0 saturated heterocycles. The number of carbonyl (C=O) groups is 2. The summed E-state index contributed by atoms with van der Waals surface area (Å²) in [5.74, 6) is 0.150. The van der Waals surface area contributed by atoms with Gasteiger partial charge in [-0.1, -0.05) is 45.0 Å². The average Bonchev–Trinajstić information content (AvgIpc) is 2.73. The fourth-order valence-corrected chi connectivity index (χ4v) is 3.17. The van der Waals surface area contributed by atoms with Crippen LogP contribution in [0.1, 0.15) is 51.2 Å². The first-order chi connectivity index (χ1) is 14.3. The molecule has 162 valence electrons. The number of carbonyl (C=O) groups excluding carboxylic acids is 2. The molecule has 0 radical (unpaired) electrons. The summed E-state index contributed by atoms with van der Waals surface area (Å²) in [5.41, 5.74) is 1.93. The maximum Gasteiger partial charge on any atom is 0.261 e. The van der Waals surface area contributed by atoms with E-state index in [0.29, 0.717) is 24.6 Å². The third-order valence-electron chi connectivity index (χ3n) is 4.91. The lowest BCUT2D eigenvalue weighted by molar-refractivity contribution is -0.142. The molecule has 2 amide bonds. The van der Waals surface area contributed by atoms with E-state index in [0.717, 1.165) is 5.56 Å². The van der Waals surface area contributed by atoms with Crippen LogP contribution >= 0.6 is 0 Å². The van der Waals surface area contributed by atoms with E-state index in [9.17, 15) is 14.0 Å². The van der Waals surface area contributed by atoms with Crippen molar-refractivity contribution in [2.75, 3.05) is 13.2 Å². The molecule has 0 aliphatic carbocycles. The lowest BCUT2D eigenvalue weighted by Gasteiger charge is -2.30. The normalized spacial score (nSPS) is 11.8. The molecule has 2 aromatic carbocycles. The van der Waals surface area contributed by atoms with E-state index in [2.05, 4.69) is 19.2 Å². The van der Waals surface area contributed by atoms with Gasteiger partial charge in [-0.25, -0.2) is 4.39 Å². The Kier molecular flexibility index (Phi) is 8.84. The first-order valence-electron chi connectivity index (χ1n) is 10.4. The molecule has 1 atom stereocenters. The molecule has 0 unspecified atom stereocenters. The van der Waals surface area contributed by atoms with Crippen molar-refractivity contribution < 1.29 is 18.7 Å². The van der Waals surface area contributed by atoms with Gasteiger partial charge in [-0.15, -0.1) is 0 Å². The fourth-order valence-electron chi connectivity index (χ4n) is 3.17. The van der Waals surface area contributed by atoms with E-state index >= 15 is 0 Å². The highest BCUT2D eigenvalue weighted by Crippen LogP contribution is 2.19. The standard InChI is InChI=1S/C24H31FN2O3/c1-5-22(24(29)26-6-2)27(15-18-7-11-20(25)12-8-18)23(28)16-30-21-13-9-19(10-14-21)17(3)4/h7-14,17,22H,5-6,15-16H2,1-4H3,(H,26,29)/t22-/m1/s1. The molecule has 1 N–H and O–H groups in total. The van der Waals surface area contributed by atoms with Crippen LogP contribution in [0.4, 0.5) is 4.39 Å². The Morgan fingerprint density at radius 3 is 2.20 bits per heavy atom. The van der Waals surface area contributed by atoms with Gasteiger partial charge >= 0.3 is 0 Å². The zero-order valence-corrected chi connectivity index (χ0v) is 18.2. The largest absolute Gasteiger partial charge is 0.484 e. The summed E-state index contributed by atoms with van der Waals surface area (Å²) in [4.78, 5) is 27.1. The van der Waals surface area contributed by atoms with Crippen molar-refractivity contribution in [1.82, 2.24) is 10.2 Å². The Hall–Kier alpha value is -2.89. The second-order valence-corrected chi connectivity index (χ2v) is 7.48. The summed E-state index contributed by atoms with van der Waals surface area (Å²) in [5, 5.41) is 2.78. The molecule has 0 spiro atoms. The van der Waals surface area contributed by atoms with Crippen LogP contribution in [-0.4, -0.2) is 35.9 Å². The molecule has 0 saturated carbocycles. The number of rotatable bonds is 10. The smallest absolute Gasteiger partial charge is 0.261 e. The van der Waals surface area contributed by atoms with Crippen LogP contribution < -0.4 is 10.1 Å². The number of ether oxygens (including phenoxy) is 1. The number of benzene rings is 2. The van der Waals surface area contributed by atoms with Gasteiger partial charge in [0.05, 0.1) is 0 Å². The van der Waals surface area contributed by atoms with Crippen LogP contribution in [-0.2, 0) is 16.1 Å². The number of hydrogen-bond acceptors (Lipinski definition) is 3. The van der Waals surface area contributed by atoms with Crippen LogP contribution in [0.5, 0.6) is 5.75 Å². The SMILES string of the molecule is CCNC(=O)[C@@H](CC)N(Cc1ccc(F)cc1)C(=O)COc1ccc(C(C)C)cc1. The highest BCUT2D eigenvalue weighted by molar-refractivity contribution is 5.88. The average molecular weight is 415 g/mol. The molecule has 0 aromatic heterocycles. The van der Waals surface area contributed by atoms with Crippen LogP contribution in [0.3, 0.4) is 0 Å². The highest BCUT2D eigenvalue weighted by atomic mass is 19.1. The van der Waals surface area contributed by atoms with Crippen molar-refractivity contribution in [1.29, 1.82) is 0 Å². The summed E-state index contributed by atoms with van der Waals surface area (Å²) in [7, 11) is 0. The van der Waals surface area contributed by atoms with Gasteiger partial charge in [-0.05, 0) is 54.7 Å². The monoisotopic (exact) mass is 414 g/mol. The van der Waals surface area contributed by atoms with E-state index in [1.807, 2.05) is 38.1 Å². The first kappa shape index (κ1) is 23.4. The van der Waals surface area contributed by atoms with Crippen molar-refractivity contribution in [2.45, 2.75) is 52.6 Å². The van der Waals surface area contributed by atoms with Gasteiger partial charge in [-0.3, -0.25) is 9.59 Å². The first-order valence-corrected chi connectivity index (χ1v) is 10.4. The fraction of sp³-hybridized carbons (Fsp3) is 0.417. The van der Waals surface area contributed by atoms with E-state index in [-0.39, 0.29) is 30.8 Å². The third-order valence-corrected chi connectivity index (χ3v) is 4.91. The maximum atomic E-state index is 13.3. The molecule has 0 heterocycles. The summed E-state index contributed by atoms with van der Waals surface area (Å²) >= 11 is 0. The zero-order chi connectivity index (χ0) is 22.1. The van der Waals surface area contributed by atoms with Gasteiger partial charge < -0.3 is 15.0 Å². The van der Waals surface area contributed by atoms with Crippen LogP contribution in [0.2, 0.25) is 0 Å². The molecule has 2 aromatic rings. The predicted molar refractivity (Wildman–Crippen MR) is 116 cm³/mol. The minimum Gasteiger partial charge on any atom is -0.484 e. The lowest BCUT2D eigenvalue weighted by Crippen LogP contribution is -2.50. The number of nitrogens with zero attached hydrogens (tertiary/aromatic N) is 1. The van der Waals surface area contributed by atoms with Crippen LogP contribution in [0, 0.1) is 5.82 Å². The summed E-state index contributed by atoms with van der Waals surface area (Å²) in [6.07, 6.45) is 0.460. The molecule has 0 aliphatic rings. The second kappa shape index (κ2) is 11.3. The van der Waals surface area contributed by atoms with Crippen molar-refractivity contribution in [3.63, 3.8) is 0 Å².